The van der Waals surface area contributed by atoms with Gasteiger partial charge in [0, 0.05) is 53.9 Å². The van der Waals surface area contributed by atoms with Gasteiger partial charge >= 0.3 is 0 Å². The Hall–Kier alpha value is -2.99. The number of aromatic nitrogens is 4. The lowest BCUT2D eigenvalue weighted by molar-refractivity contribution is 0.0684. The summed E-state index contributed by atoms with van der Waals surface area (Å²) < 4.78 is 28.7. The van der Waals surface area contributed by atoms with E-state index in [1.165, 1.54) is 21.8 Å². The van der Waals surface area contributed by atoms with E-state index >= 15 is 0 Å². The molecule has 1 amide bonds. The highest BCUT2D eigenvalue weighted by Gasteiger charge is 2.32. The number of fused-ring (bicyclic) bond motifs is 1. The number of carbonyl (C=O) groups excluding carboxylic acids is 1. The summed E-state index contributed by atoms with van der Waals surface area (Å²) in [7, 11) is -3.66. The maximum absolute atomic E-state index is 13.1. The molecule has 1 saturated heterocycles. The number of thiophene rings is 1. The van der Waals surface area contributed by atoms with Crippen molar-refractivity contribution in [2.24, 2.45) is 0 Å². The van der Waals surface area contributed by atoms with Crippen molar-refractivity contribution in [3.63, 3.8) is 0 Å². The van der Waals surface area contributed by atoms with E-state index in [0.29, 0.717) is 10.7 Å². The molecule has 4 aromatic rings. The van der Waals surface area contributed by atoms with E-state index in [2.05, 4.69) is 20.2 Å². The van der Waals surface area contributed by atoms with Gasteiger partial charge in [0.1, 0.15) is 9.90 Å². The molecule has 33 heavy (non-hydrogen) atoms. The monoisotopic (exact) mass is 500 g/mol. The Morgan fingerprint density at radius 3 is 2.45 bits per heavy atom. The van der Waals surface area contributed by atoms with Crippen molar-refractivity contribution in [3.05, 3.63) is 65.8 Å². The highest BCUT2D eigenvalue weighted by molar-refractivity contribution is 7.91. The van der Waals surface area contributed by atoms with E-state index in [-0.39, 0.29) is 42.1 Å². The molecular weight excluding hydrogens is 484 g/mol. The average molecular weight is 501 g/mol. The van der Waals surface area contributed by atoms with Crippen molar-refractivity contribution >= 4 is 49.0 Å². The fourth-order valence-corrected chi connectivity index (χ4v) is 6.79. The number of halogens is 1. The Kier molecular flexibility index (Phi) is 5.79. The molecule has 0 radical (unpaired) electrons. The fraction of sp³-hybridized carbons (Fsp3) is 0.190. The van der Waals surface area contributed by atoms with Gasteiger partial charge in [-0.1, -0.05) is 17.7 Å². The molecule has 1 aromatic carbocycles. The fourth-order valence-electron chi connectivity index (χ4n) is 3.54. The molecule has 168 valence electrons. The van der Waals surface area contributed by atoms with E-state index in [1.807, 2.05) is 0 Å². The van der Waals surface area contributed by atoms with Gasteiger partial charge in [0.2, 0.25) is 5.82 Å². The van der Waals surface area contributed by atoms with Gasteiger partial charge in [-0.2, -0.15) is 4.31 Å². The molecule has 4 heterocycles. The lowest BCUT2D eigenvalue weighted by Crippen LogP contribution is -2.50. The molecule has 12 heteroatoms. The molecule has 0 bridgehead atoms. The highest BCUT2D eigenvalue weighted by Crippen LogP contribution is 2.33. The van der Waals surface area contributed by atoms with Crippen LogP contribution in [0.2, 0.25) is 5.02 Å². The zero-order valence-corrected chi connectivity index (χ0v) is 19.5. The van der Waals surface area contributed by atoms with Gasteiger partial charge in [-0.05, 0) is 35.7 Å². The maximum atomic E-state index is 13.1. The van der Waals surface area contributed by atoms with Gasteiger partial charge in [0.15, 0.2) is 0 Å². The predicted molar refractivity (Wildman–Crippen MR) is 125 cm³/mol. The van der Waals surface area contributed by atoms with Crippen molar-refractivity contribution in [1.29, 1.82) is 0 Å². The lowest BCUT2D eigenvalue weighted by Gasteiger charge is -2.33. The molecule has 1 fully saturated rings. The van der Waals surface area contributed by atoms with Crippen LogP contribution in [0.4, 0.5) is 0 Å². The van der Waals surface area contributed by atoms with E-state index < -0.39 is 10.0 Å². The van der Waals surface area contributed by atoms with E-state index in [1.54, 1.807) is 53.7 Å². The standard InChI is InChI=1S/C21H17ClN6O3S2/c22-16-2-1-15-11-19(32-18(15)12-16)33(30,31)28-9-7-27(8-10-28)21(29)20-24-13-17(25-26-20)14-3-5-23-6-4-14/h1-6,11-13H,7-10H2. The minimum Gasteiger partial charge on any atom is -0.333 e. The first-order valence-electron chi connectivity index (χ1n) is 10.0. The largest absolute Gasteiger partial charge is 0.333 e. The number of sulfonamides is 1. The van der Waals surface area contributed by atoms with E-state index in [9.17, 15) is 13.2 Å². The number of pyridine rings is 1. The predicted octanol–water partition coefficient (Wildman–Crippen LogP) is 2.95. The summed E-state index contributed by atoms with van der Waals surface area (Å²) in [6.45, 7) is 0.853. The van der Waals surface area contributed by atoms with Gasteiger partial charge in [0.25, 0.3) is 15.9 Å². The van der Waals surface area contributed by atoms with Crippen LogP contribution in [0.25, 0.3) is 21.3 Å². The molecular formula is C21H17ClN6O3S2. The summed E-state index contributed by atoms with van der Waals surface area (Å²) >= 11 is 7.21. The first-order chi connectivity index (χ1) is 15.9. The van der Waals surface area contributed by atoms with Gasteiger partial charge in [0.05, 0.1) is 6.20 Å². The molecule has 0 saturated carbocycles. The first-order valence-corrected chi connectivity index (χ1v) is 12.6. The van der Waals surface area contributed by atoms with Crippen LogP contribution < -0.4 is 0 Å². The summed E-state index contributed by atoms with van der Waals surface area (Å²) in [5, 5.41) is 9.44. The summed E-state index contributed by atoms with van der Waals surface area (Å²) in [6.07, 6.45) is 4.76. The number of rotatable bonds is 4. The number of amides is 1. The third-order valence-electron chi connectivity index (χ3n) is 5.31. The van der Waals surface area contributed by atoms with Crippen molar-refractivity contribution in [3.8, 4) is 11.3 Å². The maximum Gasteiger partial charge on any atom is 0.293 e. The normalized spacial score (nSPS) is 15.1. The zero-order chi connectivity index (χ0) is 23.0. The molecule has 0 atom stereocenters. The Morgan fingerprint density at radius 2 is 1.76 bits per heavy atom. The topological polar surface area (TPSA) is 109 Å². The van der Waals surface area contributed by atoms with Gasteiger partial charge in [-0.15, -0.1) is 21.5 Å². The second-order valence-electron chi connectivity index (χ2n) is 7.35. The molecule has 0 spiro atoms. The van der Waals surface area contributed by atoms with Gasteiger partial charge < -0.3 is 4.90 Å². The molecule has 0 aliphatic carbocycles. The highest BCUT2D eigenvalue weighted by atomic mass is 35.5. The van der Waals surface area contributed by atoms with E-state index in [4.69, 9.17) is 11.6 Å². The van der Waals surface area contributed by atoms with Crippen LogP contribution >= 0.6 is 22.9 Å². The Morgan fingerprint density at radius 1 is 1.00 bits per heavy atom. The minimum atomic E-state index is -3.66. The number of carbonyl (C=O) groups is 1. The van der Waals surface area contributed by atoms with Gasteiger partial charge in [-0.25, -0.2) is 13.4 Å². The van der Waals surface area contributed by atoms with Crippen LogP contribution in [0.1, 0.15) is 10.6 Å². The molecule has 3 aromatic heterocycles. The molecule has 9 nitrogen and oxygen atoms in total. The van der Waals surface area contributed by atoms with Crippen LogP contribution in [0.3, 0.4) is 0 Å². The molecule has 1 aliphatic rings. The SMILES string of the molecule is O=C(c1ncc(-c2ccncc2)nn1)N1CCN(S(=O)(=O)c2cc3ccc(Cl)cc3s2)CC1. The van der Waals surface area contributed by atoms with Crippen LogP contribution in [0.15, 0.2) is 59.2 Å². The summed E-state index contributed by atoms with van der Waals surface area (Å²) in [5.41, 5.74) is 1.33. The Labute approximate surface area is 198 Å². The lowest BCUT2D eigenvalue weighted by atomic mass is 10.2. The summed E-state index contributed by atoms with van der Waals surface area (Å²) in [5.74, 6) is -0.400. The minimum absolute atomic E-state index is 0.0227. The van der Waals surface area contributed by atoms with Crippen molar-refractivity contribution in [2.75, 3.05) is 26.2 Å². The van der Waals surface area contributed by atoms with E-state index in [0.717, 1.165) is 15.6 Å². The number of hydrogen-bond acceptors (Lipinski definition) is 8. The smallest absolute Gasteiger partial charge is 0.293 e. The quantitative estimate of drug-likeness (QED) is 0.423. The number of nitrogens with zero attached hydrogens (tertiary/aromatic N) is 6. The molecule has 0 N–H and O–H groups in total. The summed E-state index contributed by atoms with van der Waals surface area (Å²) in [4.78, 5) is 22.4. The average Bonchev–Trinajstić information content (AvgIpc) is 3.28. The van der Waals surface area contributed by atoms with Crippen LogP contribution in [-0.2, 0) is 10.0 Å². The molecule has 5 rings (SSSR count). The molecule has 1 aliphatic heterocycles. The van der Waals surface area contributed by atoms with Crippen molar-refractivity contribution < 1.29 is 13.2 Å². The number of piperazine rings is 1. The Balaban J connectivity index is 1.26. The summed E-state index contributed by atoms with van der Waals surface area (Å²) in [6, 6.07) is 10.5. The number of benzene rings is 1. The third-order valence-corrected chi connectivity index (χ3v) is 8.99. The van der Waals surface area contributed by atoms with Crippen molar-refractivity contribution in [2.45, 2.75) is 4.21 Å². The van der Waals surface area contributed by atoms with Crippen LogP contribution in [0.5, 0.6) is 0 Å². The first kappa shape index (κ1) is 21.8. The second kappa shape index (κ2) is 8.75. The second-order valence-corrected chi connectivity index (χ2v) is 11.0. The molecule has 0 unspecified atom stereocenters. The number of hydrogen-bond donors (Lipinski definition) is 0. The van der Waals surface area contributed by atoms with Crippen LogP contribution in [0, 0.1) is 0 Å². The van der Waals surface area contributed by atoms with Crippen molar-refractivity contribution in [1.82, 2.24) is 29.4 Å². The third kappa shape index (κ3) is 4.32. The van der Waals surface area contributed by atoms with Crippen LogP contribution in [-0.4, -0.2) is 69.9 Å². The Bertz CT molecular complexity index is 1420. The zero-order valence-electron chi connectivity index (χ0n) is 17.1. The van der Waals surface area contributed by atoms with Gasteiger partial charge in [-0.3, -0.25) is 9.78 Å².